The molecule has 1 heterocycles. The van der Waals surface area contributed by atoms with Crippen LogP contribution in [-0.4, -0.2) is 16.3 Å². The van der Waals surface area contributed by atoms with Gasteiger partial charge in [0.05, 0.1) is 0 Å². The van der Waals surface area contributed by atoms with Gasteiger partial charge in [0.2, 0.25) is 0 Å². The Morgan fingerprint density at radius 3 is 2.54 bits per heavy atom. The summed E-state index contributed by atoms with van der Waals surface area (Å²) in [5.41, 5.74) is -0.367. The molecule has 0 saturated heterocycles. The third-order valence-electron chi connectivity index (χ3n) is 1.59. The lowest BCUT2D eigenvalue weighted by Crippen LogP contribution is -2.22. The van der Waals surface area contributed by atoms with Crippen molar-refractivity contribution in [1.29, 1.82) is 0 Å². The Kier molecular flexibility index (Phi) is 2.32. The number of aromatic nitrogens is 2. The minimum atomic E-state index is -0.290. The maximum absolute atomic E-state index is 11.1. The van der Waals surface area contributed by atoms with Crippen molar-refractivity contribution >= 4 is 6.29 Å². The first-order chi connectivity index (χ1) is 5.93. The molecule has 0 saturated carbocycles. The highest BCUT2D eigenvalue weighted by atomic mass is 16.1. The average Bonchev–Trinajstić information content (AvgIpc) is 2.01. The van der Waals surface area contributed by atoms with Gasteiger partial charge in [-0.2, -0.15) is 0 Å². The van der Waals surface area contributed by atoms with Gasteiger partial charge in [0.15, 0.2) is 6.29 Å². The van der Waals surface area contributed by atoms with Crippen LogP contribution in [0, 0.1) is 0 Å². The Bertz CT molecular complexity index is 374. The molecule has 4 nitrogen and oxygen atoms in total. The third kappa shape index (κ3) is 2.24. The summed E-state index contributed by atoms with van der Waals surface area (Å²) in [4.78, 5) is 28.1. The lowest BCUT2D eigenvalue weighted by Gasteiger charge is -2.16. The summed E-state index contributed by atoms with van der Waals surface area (Å²) in [7, 11) is 0. The second-order valence-electron chi connectivity index (χ2n) is 3.89. The van der Waals surface area contributed by atoms with Gasteiger partial charge in [-0.1, -0.05) is 20.8 Å². The van der Waals surface area contributed by atoms with Crippen LogP contribution < -0.4 is 5.56 Å². The molecular formula is C9H12N2O2. The topological polar surface area (TPSA) is 62.8 Å². The van der Waals surface area contributed by atoms with E-state index in [2.05, 4.69) is 9.97 Å². The summed E-state index contributed by atoms with van der Waals surface area (Å²) in [5, 5.41) is 0. The van der Waals surface area contributed by atoms with E-state index >= 15 is 0 Å². The van der Waals surface area contributed by atoms with Crippen molar-refractivity contribution in [3.63, 3.8) is 0 Å². The summed E-state index contributed by atoms with van der Waals surface area (Å²) in [6, 6.07) is 1.18. The largest absolute Gasteiger partial charge is 0.310 e. The van der Waals surface area contributed by atoms with Gasteiger partial charge in [-0.15, -0.1) is 0 Å². The molecule has 0 aliphatic rings. The fourth-order valence-electron chi connectivity index (χ4n) is 0.892. The van der Waals surface area contributed by atoms with Crippen LogP contribution in [0.15, 0.2) is 10.9 Å². The summed E-state index contributed by atoms with van der Waals surface area (Å²) in [6.07, 6.45) is 0.574. The number of aldehydes is 1. The first-order valence-electron chi connectivity index (χ1n) is 4.00. The van der Waals surface area contributed by atoms with E-state index in [4.69, 9.17) is 0 Å². The van der Waals surface area contributed by atoms with Crippen molar-refractivity contribution in [2.75, 3.05) is 0 Å². The van der Waals surface area contributed by atoms with Crippen LogP contribution in [0.5, 0.6) is 0 Å². The van der Waals surface area contributed by atoms with E-state index < -0.39 is 0 Å². The van der Waals surface area contributed by atoms with Crippen molar-refractivity contribution in [3.05, 3.63) is 27.9 Å². The first-order valence-corrected chi connectivity index (χ1v) is 4.00. The molecule has 1 aromatic rings. The van der Waals surface area contributed by atoms with Crippen LogP contribution >= 0.6 is 0 Å². The molecule has 0 fully saturated rings. The Balaban J connectivity index is 3.32. The van der Waals surface area contributed by atoms with E-state index in [0.717, 1.165) is 0 Å². The second-order valence-corrected chi connectivity index (χ2v) is 3.89. The van der Waals surface area contributed by atoms with E-state index in [1.165, 1.54) is 6.07 Å². The number of nitrogens with zero attached hydrogens (tertiary/aromatic N) is 1. The minimum absolute atomic E-state index is 0.175. The number of carbonyl (C=O) groups is 1. The van der Waals surface area contributed by atoms with Gasteiger partial charge in [0.25, 0.3) is 5.56 Å². The average molecular weight is 180 g/mol. The number of hydrogen-bond acceptors (Lipinski definition) is 3. The Morgan fingerprint density at radius 2 is 2.08 bits per heavy atom. The molecule has 0 radical (unpaired) electrons. The highest BCUT2D eigenvalue weighted by Gasteiger charge is 2.17. The van der Waals surface area contributed by atoms with Crippen LogP contribution in [0.1, 0.15) is 37.1 Å². The number of nitrogens with one attached hydrogen (secondary N) is 1. The number of hydrogen-bond donors (Lipinski definition) is 1. The number of rotatable bonds is 1. The molecule has 0 aromatic carbocycles. The fraction of sp³-hybridized carbons (Fsp3) is 0.444. The second kappa shape index (κ2) is 3.12. The standard InChI is InChI=1S/C9H12N2O2/c1-9(2,3)8-10-6(5-12)4-7(13)11-8/h4-5H,1-3H3,(H,10,11,13). The summed E-state index contributed by atoms with van der Waals surface area (Å²) in [5.74, 6) is 0.530. The van der Waals surface area contributed by atoms with Crippen LogP contribution in [0.2, 0.25) is 0 Å². The predicted molar refractivity (Wildman–Crippen MR) is 48.9 cm³/mol. The zero-order valence-corrected chi connectivity index (χ0v) is 7.92. The highest BCUT2D eigenvalue weighted by molar-refractivity contribution is 5.71. The molecule has 0 atom stereocenters. The first kappa shape index (κ1) is 9.64. The van der Waals surface area contributed by atoms with E-state index in [1.54, 1.807) is 0 Å². The molecule has 13 heavy (non-hydrogen) atoms. The van der Waals surface area contributed by atoms with Gasteiger partial charge < -0.3 is 4.98 Å². The van der Waals surface area contributed by atoms with Crippen LogP contribution in [-0.2, 0) is 5.41 Å². The minimum Gasteiger partial charge on any atom is -0.310 e. The molecule has 1 N–H and O–H groups in total. The molecular weight excluding hydrogens is 168 g/mol. The molecule has 0 aliphatic carbocycles. The number of H-pyrrole nitrogens is 1. The molecule has 4 heteroatoms. The van der Waals surface area contributed by atoms with Crippen molar-refractivity contribution in [2.24, 2.45) is 0 Å². The lowest BCUT2D eigenvalue weighted by molar-refractivity contribution is 0.111. The molecule has 0 aliphatic heterocycles. The van der Waals surface area contributed by atoms with Crippen molar-refractivity contribution in [3.8, 4) is 0 Å². The molecule has 0 spiro atoms. The third-order valence-corrected chi connectivity index (χ3v) is 1.59. The molecule has 0 bridgehead atoms. The van der Waals surface area contributed by atoms with Crippen molar-refractivity contribution in [2.45, 2.75) is 26.2 Å². The van der Waals surface area contributed by atoms with E-state index in [9.17, 15) is 9.59 Å². The van der Waals surface area contributed by atoms with Gasteiger partial charge in [-0.3, -0.25) is 9.59 Å². The van der Waals surface area contributed by atoms with E-state index in [1.807, 2.05) is 20.8 Å². The summed E-state index contributed by atoms with van der Waals surface area (Å²) in [6.45, 7) is 5.75. The number of aromatic amines is 1. The fourth-order valence-corrected chi connectivity index (χ4v) is 0.892. The lowest BCUT2D eigenvalue weighted by atomic mass is 9.96. The maximum Gasteiger partial charge on any atom is 0.251 e. The molecule has 1 aromatic heterocycles. The van der Waals surface area contributed by atoms with E-state index in [0.29, 0.717) is 12.1 Å². The summed E-state index contributed by atoms with van der Waals surface area (Å²) < 4.78 is 0. The zero-order valence-electron chi connectivity index (χ0n) is 7.92. The Labute approximate surface area is 76.0 Å². The quantitative estimate of drug-likeness (QED) is 0.652. The van der Waals surface area contributed by atoms with Gasteiger partial charge in [0.1, 0.15) is 11.5 Å². The normalized spacial score (nSPS) is 11.3. The Hall–Kier alpha value is -1.45. The van der Waals surface area contributed by atoms with Gasteiger partial charge >= 0.3 is 0 Å². The Morgan fingerprint density at radius 1 is 1.46 bits per heavy atom. The molecule has 70 valence electrons. The smallest absolute Gasteiger partial charge is 0.251 e. The van der Waals surface area contributed by atoms with Crippen LogP contribution in [0.25, 0.3) is 0 Å². The predicted octanol–water partition coefficient (Wildman–Crippen LogP) is 0.880. The maximum atomic E-state index is 11.1. The number of carbonyl (C=O) groups excluding carboxylic acids is 1. The molecule has 0 amide bonds. The highest BCUT2D eigenvalue weighted by Crippen LogP contribution is 2.15. The van der Waals surface area contributed by atoms with Crippen LogP contribution in [0.3, 0.4) is 0 Å². The van der Waals surface area contributed by atoms with Gasteiger partial charge in [-0.05, 0) is 0 Å². The zero-order chi connectivity index (χ0) is 10.1. The molecule has 1 rings (SSSR count). The summed E-state index contributed by atoms with van der Waals surface area (Å²) >= 11 is 0. The van der Waals surface area contributed by atoms with E-state index in [-0.39, 0.29) is 16.7 Å². The van der Waals surface area contributed by atoms with Crippen LogP contribution in [0.4, 0.5) is 0 Å². The van der Waals surface area contributed by atoms with Gasteiger partial charge in [-0.25, -0.2) is 4.98 Å². The van der Waals surface area contributed by atoms with Crippen molar-refractivity contribution in [1.82, 2.24) is 9.97 Å². The SMILES string of the molecule is CC(C)(C)c1nc(C=O)cc(=O)[nH]1. The monoisotopic (exact) mass is 180 g/mol. The molecule has 0 unspecified atom stereocenters. The van der Waals surface area contributed by atoms with Gasteiger partial charge in [0, 0.05) is 11.5 Å². The van der Waals surface area contributed by atoms with Crippen molar-refractivity contribution < 1.29 is 4.79 Å².